The van der Waals surface area contributed by atoms with Gasteiger partial charge in [-0.2, -0.15) is 0 Å². The molecule has 2 N–H and O–H groups in total. The number of ether oxygens (including phenoxy) is 1. The molecule has 1 aliphatic rings. The van der Waals surface area contributed by atoms with E-state index in [4.69, 9.17) is 4.74 Å². The molecular formula is C20H16FN3O4. The molecule has 1 aliphatic heterocycles. The van der Waals surface area contributed by atoms with Gasteiger partial charge in [-0.05, 0) is 36.4 Å². The number of H-pyrrole nitrogens is 1. The zero-order valence-corrected chi connectivity index (χ0v) is 14.7. The Balaban J connectivity index is 1.48. The van der Waals surface area contributed by atoms with E-state index in [0.717, 1.165) is 0 Å². The van der Waals surface area contributed by atoms with E-state index in [1.165, 1.54) is 29.2 Å². The number of hydrogen-bond donors (Lipinski definition) is 2. The number of anilines is 1. The first-order valence-corrected chi connectivity index (χ1v) is 8.66. The Labute approximate surface area is 158 Å². The van der Waals surface area contributed by atoms with Gasteiger partial charge in [0.25, 0.3) is 17.4 Å². The van der Waals surface area contributed by atoms with Gasteiger partial charge in [0, 0.05) is 24.0 Å². The molecule has 2 heterocycles. The van der Waals surface area contributed by atoms with Crippen molar-refractivity contribution in [1.82, 2.24) is 10.3 Å². The first kappa shape index (κ1) is 17.7. The van der Waals surface area contributed by atoms with Crippen molar-refractivity contribution in [2.24, 2.45) is 0 Å². The van der Waals surface area contributed by atoms with Crippen LogP contribution in [0.25, 0.3) is 10.9 Å². The first-order valence-electron chi connectivity index (χ1n) is 8.66. The largest absolute Gasteiger partial charge is 0.482 e. The Bertz CT molecular complexity index is 1140. The molecule has 7 nitrogen and oxygen atoms in total. The summed E-state index contributed by atoms with van der Waals surface area (Å²) >= 11 is 0. The number of amides is 2. The number of carbonyl (C=O) groups excluding carboxylic acids is 2. The van der Waals surface area contributed by atoms with Crippen molar-refractivity contribution in [1.29, 1.82) is 0 Å². The predicted molar refractivity (Wildman–Crippen MR) is 101 cm³/mol. The number of benzene rings is 2. The second-order valence-electron chi connectivity index (χ2n) is 6.30. The summed E-state index contributed by atoms with van der Waals surface area (Å²) in [5.74, 6) is -0.676. The molecule has 0 unspecified atom stereocenters. The highest BCUT2D eigenvalue weighted by Gasteiger charge is 2.24. The maximum atomic E-state index is 13.4. The Morgan fingerprint density at radius 2 is 2.00 bits per heavy atom. The third-order valence-corrected chi connectivity index (χ3v) is 4.48. The minimum atomic E-state index is -0.596. The summed E-state index contributed by atoms with van der Waals surface area (Å²) in [6, 6.07) is 12.4. The molecule has 28 heavy (non-hydrogen) atoms. The molecule has 1 aromatic heterocycles. The molecule has 0 spiro atoms. The SMILES string of the molecule is O=C(NCCN1C(=O)COc2ccccc21)c1cc2cc(F)ccc2[nH]c1=O. The lowest BCUT2D eigenvalue weighted by molar-refractivity contribution is -0.121. The molecule has 2 aromatic carbocycles. The maximum absolute atomic E-state index is 13.4. The molecular weight excluding hydrogens is 365 g/mol. The van der Waals surface area contributed by atoms with Crippen molar-refractivity contribution >= 4 is 28.4 Å². The van der Waals surface area contributed by atoms with Gasteiger partial charge in [0.05, 0.1) is 5.69 Å². The molecule has 0 atom stereocenters. The molecule has 3 aromatic rings. The molecule has 8 heteroatoms. The number of nitrogens with zero attached hydrogens (tertiary/aromatic N) is 1. The van der Waals surface area contributed by atoms with Crippen molar-refractivity contribution in [2.45, 2.75) is 0 Å². The lowest BCUT2D eigenvalue weighted by Gasteiger charge is -2.29. The third kappa shape index (κ3) is 3.32. The minimum absolute atomic E-state index is 0.0686. The zero-order chi connectivity index (χ0) is 19.7. The van der Waals surface area contributed by atoms with E-state index in [1.807, 2.05) is 6.07 Å². The van der Waals surface area contributed by atoms with Crippen molar-refractivity contribution in [3.05, 3.63) is 70.3 Å². The number of pyridine rings is 1. The van der Waals surface area contributed by atoms with Gasteiger partial charge in [-0.3, -0.25) is 14.4 Å². The highest BCUT2D eigenvalue weighted by atomic mass is 19.1. The quantitative estimate of drug-likeness (QED) is 0.721. The van der Waals surface area contributed by atoms with Gasteiger partial charge in [0.1, 0.15) is 17.1 Å². The van der Waals surface area contributed by atoms with Gasteiger partial charge < -0.3 is 19.9 Å². The van der Waals surface area contributed by atoms with Gasteiger partial charge in [-0.15, -0.1) is 0 Å². The number of rotatable bonds is 4. The van der Waals surface area contributed by atoms with Crippen LogP contribution in [-0.4, -0.2) is 36.5 Å². The standard InChI is InChI=1S/C20H16FN3O4/c21-13-5-6-15-12(9-13)10-14(20(27)23-15)19(26)22-7-8-24-16-3-1-2-4-17(16)28-11-18(24)25/h1-6,9-10H,7-8,11H2,(H,22,26)(H,23,27). The van der Waals surface area contributed by atoms with Crippen molar-refractivity contribution in [2.75, 3.05) is 24.6 Å². The number of fused-ring (bicyclic) bond motifs is 2. The average Bonchev–Trinajstić information content (AvgIpc) is 2.69. The van der Waals surface area contributed by atoms with Gasteiger partial charge in [-0.1, -0.05) is 12.1 Å². The number of nitrogens with one attached hydrogen (secondary N) is 2. The number of carbonyl (C=O) groups is 2. The van der Waals surface area contributed by atoms with Gasteiger partial charge in [0.2, 0.25) is 0 Å². The molecule has 2 amide bonds. The van der Waals surface area contributed by atoms with Gasteiger partial charge >= 0.3 is 0 Å². The smallest absolute Gasteiger partial charge is 0.265 e. The van der Waals surface area contributed by atoms with Crippen LogP contribution in [0.1, 0.15) is 10.4 Å². The lowest BCUT2D eigenvalue weighted by atomic mass is 10.1. The summed E-state index contributed by atoms with van der Waals surface area (Å²) in [6.45, 7) is 0.297. The number of aromatic amines is 1. The summed E-state index contributed by atoms with van der Waals surface area (Å²) in [4.78, 5) is 40.8. The van der Waals surface area contributed by atoms with E-state index in [0.29, 0.717) is 22.3 Å². The molecule has 0 bridgehead atoms. The molecule has 0 saturated carbocycles. The normalized spacial score (nSPS) is 13.2. The topological polar surface area (TPSA) is 91.5 Å². The van der Waals surface area contributed by atoms with E-state index in [9.17, 15) is 18.8 Å². The maximum Gasteiger partial charge on any atom is 0.265 e. The molecule has 4 rings (SSSR count). The Morgan fingerprint density at radius 1 is 1.18 bits per heavy atom. The van der Waals surface area contributed by atoms with Crippen LogP contribution in [0.3, 0.4) is 0 Å². The fraction of sp³-hybridized carbons (Fsp3) is 0.150. The first-order chi connectivity index (χ1) is 13.5. The third-order valence-electron chi connectivity index (χ3n) is 4.48. The summed E-state index contributed by atoms with van der Waals surface area (Å²) < 4.78 is 18.8. The van der Waals surface area contributed by atoms with Crippen LogP contribution in [0.2, 0.25) is 0 Å². The van der Waals surface area contributed by atoms with E-state index in [1.54, 1.807) is 18.2 Å². The number of halogens is 1. The van der Waals surface area contributed by atoms with E-state index < -0.39 is 17.3 Å². The van der Waals surface area contributed by atoms with Crippen molar-refractivity contribution in [3.8, 4) is 5.75 Å². The second kappa shape index (κ2) is 7.15. The molecule has 0 saturated heterocycles. The predicted octanol–water partition coefficient (Wildman–Crippen LogP) is 1.82. The average molecular weight is 381 g/mol. The van der Waals surface area contributed by atoms with Crippen LogP contribution in [0.15, 0.2) is 53.3 Å². The monoisotopic (exact) mass is 381 g/mol. The molecule has 0 radical (unpaired) electrons. The zero-order valence-electron chi connectivity index (χ0n) is 14.7. The van der Waals surface area contributed by atoms with Gasteiger partial charge in [0.15, 0.2) is 6.61 Å². The molecule has 0 aliphatic carbocycles. The van der Waals surface area contributed by atoms with Crippen LogP contribution >= 0.6 is 0 Å². The van der Waals surface area contributed by atoms with E-state index >= 15 is 0 Å². The highest BCUT2D eigenvalue weighted by Crippen LogP contribution is 2.30. The molecule has 142 valence electrons. The van der Waals surface area contributed by atoms with Crippen LogP contribution in [-0.2, 0) is 4.79 Å². The van der Waals surface area contributed by atoms with Crippen molar-refractivity contribution < 1.29 is 18.7 Å². The van der Waals surface area contributed by atoms with E-state index in [2.05, 4.69) is 10.3 Å². The van der Waals surface area contributed by atoms with Crippen LogP contribution < -0.4 is 20.5 Å². The second-order valence-corrected chi connectivity index (χ2v) is 6.30. The lowest BCUT2D eigenvalue weighted by Crippen LogP contribution is -2.43. The molecule has 0 fully saturated rings. The minimum Gasteiger partial charge on any atom is -0.482 e. The van der Waals surface area contributed by atoms with E-state index in [-0.39, 0.29) is 31.2 Å². The Kier molecular flexibility index (Phi) is 4.52. The van der Waals surface area contributed by atoms with Gasteiger partial charge in [-0.25, -0.2) is 4.39 Å². The summed E-state index contributed by atoms with van der Waals surface area (Å²) in [7, 11) is 0. The highest BCUT2D eigenvalue weighted by molar-refractivity contribution is 5.99. The summed E-state index contributed by atoms with van der Waals surface area (Å²) in [6.07, 6.45) is 0. The van der Waals surface area contributed by atoms with Crippen molar-refractivity contribution in [3.63, 3.8) is 0 Å². The Hall–Kier alpha value is -3.68. The van der Waals surface area contributed by atoms with Crippen LogP contribution in [0.5, 0.6) is 5.75 Å². The summed E-state index contributed by atoms with van der Waals surface area (Å²) in [5, 5.41) is 3.05. The number of para-hydroxylation sites is 2. The Morgan fingerprint density at radius 3 is 2.86 bits per heavy atom. The number of aromatic nitrogens is 1. The fourth-order valence-corrected chi connectivity index (χ4v) is 3.12. The fourth-order valence-electron chi connectivity index (χ4n) is 3.12. The van der Waals surface area contributed by atoms with Crippen LogP contribution in [0, 0.1) is 5.82 Å². The number of hydrogen-bond acceptors (Lipinski definition) is 4. The van der Waals surface area contributed by atoms with Crippen LogP contribution in [0.4, 0.5) is 10.1 Å². The summed E-state index contributed by atoms with van der Waals surface area (Å²) in [5.41, 5.74) is 0.390.